The van der Waals surface area contributed by atoms with Gasteiger partial charge in [-0.25, -0.2) is 10.8 Å². The maximum Gasteiger partial charge on any atom is 0.276 e. The third kappa shape index (κ3) is 2.66. The average Bonchev–Trinajstić information content (AvgIpc) is 3.31. The second-order valence-electron chi connectivity index (χ2n) is 5.22. The zero-order valence-corrected chi connectivity index (χ0v) is 11.2. The van der Waals surface area contributed by atoms with Crippen molar-refractivity contribution in [3.63, 3.8) is 0 Å². The van der Waals surface area contributed by atoms with E-state index in [2.05, 4.69) is 20.2 Å². The monoisotopic (exact) mass is 278 g/mol. The largest absolute Gasteiger partial charge is 0.354 e. The van der Waals surface area contributed by atoms with Crippen molar-refractivity contribution in [2.75, 3.05) is 36.5 Å². The molecule has 1 aliphatic carbocycles. The number of hydrogen-bond acceptors (Lipinski definition) is 7. The van der Waals surface area contributed by atoms with Crippen LogP contribution in [0, 0.1) is 10.1 Å². The minimum absolute atomic E-state index is 0.00701. The number of aromatic nitrogens is 1. The second kappa shape index (κ2) is 5.22. The molecule has 0 amide bonds. The lowest BCUT2D eigenvalue weighted by Crippen LogP contribution is -2.47. The molecule has 8 heteroatoms. The van der Waals surface area contributed by atoms with Crippen LogP contribution in [-0.2, 0) is 0 Å². The van der Waals surface area contributed by atoms with Gasteiger partial charge in [0.15, 0.2) is 0 Å². The third-order valence-corrected chi connectivity index (χ3v) is 3.86. The third-order valence-electron chi connectivity index (χ3n) is 3.86. The van der Waals surface area contributed by atoms with E-state index in [9.17, 15) is 10.1 Å². The zero-order chi connectivity index (χ0) is 14.1. The molecular formula is C12H18N6O2. The van der Waals surface area contributed by atoms with Gasteiger partial charge in [-0.3, -0.25) is 15.0 Å². The van der Waals surface area contributed by atoms with Crippen molar-refractivity contribution in [3.05, 3.63) is 22.2 Å². The first kappa shape index (κ1) is 13.1. The molecule has 1 saturated carbocycles. The summed E-state index contributed by atoms with van der Waals surface area (Å²) in [7, 11) is 0. The van der Waals surface area contributed by atoms with Crippen LogP contribution in [0.2, 0.25) is 0 Å². The molecule has 0 aromatic carbocycles. The number of nitro groups is 1. The van der Waals surface area contributed by atoms with Crippen LogP contribution in [0.3, 0.4) is 0 Å². The number of nitrogen functional groups attached to an aromatic ring is 1. The molecule has 0 bridgehead atoms. The minimum atomic E-state index is -0.424. The standard InChI is InChI=1S/C12H18N6O2/c13-15-11-7-10(18(19)20)8-12(14-11)17-5-3-16(4-6-17)9-1-2-9/h7-9H,1-6,13H2,(H,14,15). The Morgan fingerprint density at radius 2 is 2.00 bits per heavy atom. The van der Waals surface area contributed by atoms with Crippen molar-refractivity contribution in [1.29, 1.82) is 0 Å². The molecule has 1 aromatic rings. The summed E-state index contributed by atoms with van der Waals surface area (Å²) in [6.45, 7) is 3.66. The van der Waals surface area contributed by atoms with Crippen LogP contribution < -0.4 is 16.2 Å². The Labute approximate surface area is 116 Å². The van der Waals surface area contributed by atoms with Crippen LogP contribution >= 0.6 is 0 Å². The van der Waals surface area contributed by atoms with E-state index in [0.717, 1.165) is 32.2 Å². The smallest absolute Gasteiger partial charge is 0.276 e. The van der Waals surface area contributed by atoms with E-state index in [1.807, 2.05) is 0 Å². The molecular weight excluding hydrogens is 260 g/mol. The molecule has 20 heavy (non-hydrogen) atoms. The Morgan fingerprint density at radius 1 is 1.30 bits per heavy atom. The van der Waals surface area contributed by atoms with Crippen LogP contribution in [0.5, 0.6) is 0 Å². The Balaban J connectivity index is 1.75. The number of nitrogens with two attached hydrogens (primary N) is 1. The van der Waals surface area contributed by atoms with Crippen molar-refractivity contribution in [2.24, 2.45) is 5.84 Å². The number of anilines is 2. The molecule has 0 unspecified atom stereocenters. The van der Waals surface area contributed by atoms with E-state index in [-0.39, 0.29) is 5.69 Å². The van der Waals surface area contributed by atoms with Crippen LogP contribution in [-0.4, -0.2) is 47.0 Å². The lowest BCUT2D eigenvalue weighted by Gasteiger charge is -2.35. The average molecular weight is 278 g/mol. The van der Waals surface area contributed by atoms with Crippen molar-refractivity contribution in [3.8, 4) is 0 Å². The van der Waals surface area contributed by atoms with Gasteiger partial charge in [0.1, 0.15) is 11.6 Å². The highest BCUT2D eigenvalue weighted by molar-refractivity contribution is 5.55. The SMILES string of the molecule is NNc1cc([N+](=O)[O-])cc(N2CCN(C3CC3)CC2)n1. The molecule has 1 aliphatic heterocycles. The Kier molecular flexibility index (Phi) is 3.41. The number of hydrazine groups is 1. The van der Waals surface area contributed by atoms with Gasteiger partial charge < -0.3 is 10.3 Å². The molecule has 0 atom stereocenters. The highest BCUT2D eigenvalue weighted by Gasteiger charge is 2.31. The van der Waals surface area contributed by atoms with Crippen molar-refractivity contribution in [1.82, 2.24) is 9.88 Å². The van der Waals surface area contributed by atoms with Crippen molar-refractivity contribution >= 4 is 17.3 Å². The molecule has 8 nitrogen and oxygen atoms in total. The fourth-order valence-electron chi connectivity index (χ4n) is 2.60. The Morgan fingerprint density at radius 3 is 2.55 bits per heavy atom. The molecule has 1 saturated heterocycles. The molecule has 108 valence electrons. The van der Waals surface area contributed by atoms with E-state index in [0.29, 0.717) is 11.6 Å². The molecule has 3 N–H and O–H groups in total. The Hall–Kier alpha value is -1.93. The molecule has 3 rings (SSSR count). The minimum Gasteiger partial charge on any atom is -0.354 e. The van der Waals surface area contributed by atoms with Gasteiger partial charge in [0, 0.05) is 32.2 Å². The fraction of sp³-hybridized carbons (Fsp3) is 0.583. The van der Waals surface area contributed by atoms with Gasteiger partial charge in [0.25, 0.3) is 5.69 Å². The van der Waals surface area contributed by atoms with Gasteiger partial charge in [-0.2, -0.15) is 0 Å². The summed E-state index contributed by atoms with van der Waals surface area (Å²) < 4.78 is 0. The van der Waals surface area contributed by atoms with E-state index in [4.69, 9.17) is 5.84 Å². The van der Waals surface area contributed by atoms with Gasteiger partial charge in [-0.15, -0.1) is 0 Å². The fourth-order valence-corrected chi connectivity index (χ4v) is 2.60. The number of hydrogen-bond donors (Lipinski definition) is 2. The van der Waals surface area contributed by atoms with E-state index >= 15 is 0 Å². The lowest BCUT2D eigenvalue weighted by atomic mass is 10.3. The van der Waals surface area contributed by atoms with Crippen LogP contribution in [0.1, 0.15) is 12.8 Å². The Bertz CT molecular complexity index is 511. The van der Waals surface area contributed by atoms with Gasteiger partial charge in [-0.05, 0) is 12.8 Å². The molecule has 0 spiro atoms. The first-order chi connectivity index (χ1) is 9.67. The summed E-state index contributed by atoms with van der Waals surface area (Å²) >= 11 is 0. The first-order valence-electron chi connectivity index (χ1n) is 6.79. The predicted octanol–water partition coefficient (Wildman–Crippen LogP) is 0.560. The number of nitrogens with zero attached hydrogens (tertiary/aromatic N) is 4. The first-order valence-corrected chi connectivity index (χ1v) is 6.79. The van der Waals surface area contributed by atoms with Gasteiger partial charge >= 0.3 is 0 Å². The summed E-state index contributed by atoms with van der Waals surface area (Å²) in [4.78, 5) is 19.4. The van der Waals surface area contributed by atoms with Gasteiger partial charge in [-0.1, -0.05) is 0 Å². The molecule has 0 radical (unpaired) electrons. The number of piperazine rings is 1. The quantitative estimate of drug-likeness (QED) is 0.471. The highest BCUT2D eigenvalue weighted by atomic mass is 16.6. The highest BCUT2D eigenvalue weighted by Crippen LogP contribution is 2.29. The van der Waals surface area contributed by atoms with Crippen LogP contribution in [0.25, 0.3) is 0 Å². The van der Waals surface area contributed by atoms with E-state index in [1.165, 1.54) is 25.0 Å². The molecule has 1 aromatic heterocycles. The molecule has 2 aliphatic rings. The van der Waals surface area contributed by atoms with Crippen LogP contribution in [0.15, 0.2) is 12.1 Å². The zero-order valence-electron chi connectivity index (χ0n) is 11.2. The van der Waals surface area contributed by atoms with Crippen molar-refractivity contribution in [2.45, 2.75) is 18.9 Å². The maximum atomic E-state index is 10.9. The predicted molar refractivity (Wildman–Crippen MR) is 75.5 cm³/mol. The maximum absolute atomic E-state index is 10.9. The van der Waals surface area contributed by atoms with Gasteiger partial charge in [0.2, 0.25) is 0 Å². The number of rotatable bonds is 4. The van der Waals surface area contributed by atoms with Gasteiger partial charge in [0.05, 0.1) is 17.1 Å². The van der Waals surface area contributed by atoms with Crippen LogP contribution in [0.4, 0.5) is 17.3 Å². The number of nitrogens with one attached hydrogen (secondary N) is 1. The summed E-state index contributed by atoms with van der Waals surface area (Å²) in [5, 5.41) is 10.9. The lowest BCUT2D eigenvalue weighted by molar-refractivity contribution is -0.384. The van der Waals surface area contributed by atoms with E-state index < -0.39 is 4.92 Å². The summed E-state index contributed by atoms with van der Waals surface area (Å²) in [6, 6.07) is 3.61. The summed E-state index contributed by atoms with van der Waals surface area (Å²) in [5.41, 5.74) is 2.39. The second-order valence-corrected chi connectivity index (χ2v) is 5.22. The van der Waals surface area contributed by atoms with Crippen molar-refractivity contribution < 1.29 is 4.92 Å². The topological polar surface area (TPSA) is 101 Å². The normalized spacial score (nSPS) is 19.9. The molecule has 2 fully saturated rings. The summed E-state index contributed by atoms with van der Waals surface area (Å²) in [5.74, 6) is 6.26. The molecule has 2 heterocycles. The summed E-state index contributed by atoms with van der Waals surface area (Å²) in [6.07, 6.45) is 2.60. The number of pyridine rings is 1. The van der Waals surface area contributed by atoms with E-state index in [1.54, 1.807) is 0 Å².